The molecule has 0 spiro atoms. The van der Waals surface area contributed by atoms with Crippen molar-refractivity contribution in [3.8, 4) is 0 Å². The molecule has 0 aliphatic carbocycles. The molecular formula is C21H28N6O. The summed E-state index contributed by atoms with van der Waals surface area (Å²) in [4.78, 5) is 30.9. The van der Waals surface area contributed by atoms with Crippen molar-refractivity contribution in [1.82, 2.24) is 19.9 Å². The van der Waals surface area contributed by atoms with E-state index >= 15 is 0 Å². The summed E-state index contributed by atoms with van der Waals surface area (Å²) < 4.78 is 0. The first kappa shape index (κ1) is 18.7. The number of nitrogens with zero attached hydrogens (tertiary/aromatic N) is 5. The van der Waals surface area contributed by atoms with Crippen LogP contribution in [-0.4, -0.2) is 58.0 Å². The van der Waals surface area contributed by atoms with E-state index < -0.39 is 0 Å². The number of aromatic nitrogens is 3. The van der Waals surface area contributed by atoms with Crippen molar-refractivity contribution in [2.75, 3.05) is 36.4 Å². The fourth-order valence-electron chi connectivity index (χ4n) is 3.93. The molecule has 148 valence electrons. The van der Waals surface area contributed by atoms with E-state index in [1.807, 2.05) is 11.0 Å². The molecule has 28 heavy (non-hydrogen) atoms. The molecule has 0 bridgehead atoms. The second kappa shape index (κ2) is 8.12. The molecule has 7 nitrogen and oxygen atoms in total. The quantitative estimate of drug-likeness (QED) is 0.879. The predicted octanol–water partition coefficient (Wildman–Crippen LogP) is 2.53. The molecule has 2 aliphatic rings. The minimum Gasteiger partial charge on any atom is -0.367 e. The highest BCUT2D eigenvalue weighted by Gasteiger charge is 2.26. The SMILES string of the molecule is CC(C)Nc1nc2c(cc1C(=O)N1CCCC1)CCN(c1ncccn1)CC2. The number of hydrogen-bond donors (Lipinski definition) is 1. The van der Waals surface area contributed by atoms with Crippen LogP contribution < -0.4 is 10.2 Å². The molecule has 4 rings (SSSR count). The molecule has 1 amide bonds. The van der Waals surface area contributed by atoms with Crippen LogP contribution in [0.2, 0.25) is 0 Å². The average Bonchev–Trinajstić information content (AvgIpc) is 3.15. The van der Waals surface area contributed by atoms with Gasteiger partial charge in [-0.3, -0.25) is 4.79 Å². The van der Waals surface area contributed by atoms with Crippen LogP contribution in [0.1, 0.15) is 48.3 Å². The van der Waals surface area contributed by atoms with Gasteiger partial charge < -0.3 is 15.1 Å². The van der Waals surface area contributed by atoms with E-state index in [0.717, 1.165) is 74.9 Å². The van der Waals surface area contributed by atoms with Crippen LogP contribution in [0, 0.1) is 0 Å². The van der Waals surface area contributed by atoms with Crippen molar-refractivity contribution in [3.63, 3.8) is 0 Å². The first-order valence-corrected chi connectivity index (χ1v) is 10.2. The van der Waals surface area contributed by atoms with Crippen LogP contribution >= 0.6 is 0 Å². The third-order valence-electron chi connectivity index (χ3n) is 5.34. The number of carbonyl (C=O) groups excluding carboxylic acids is 1. The molecule has 7 heteroatoms. The number of amides is 1. The summed E-state index contributed by atoms with van der Waals surface area (Å²) in [5.74, 6) is 1.57. The summed E-state index contributed by atoms with van der Waals surface area (Å²) in [6.07, 6.45) is 7.37. The van der Waals surface area contributed by atoms with Gasteiger partial charge in [0.25, 0.3) is 5.91 Å². The number of rotatable bonds is 4. The number of hydrogen-bond acceptors (Lipinski definition) is 6. The van der Waals surface area contributed by atoms with Crippen molar-refractivity contribution < 1.29 is 4.79 Å². The van der Waals surface area contributed by atoms with E-state index in [9.17, 15) is 4.79 Å². The highest BCUT2D eigenvalue weighted by Crippen LogP contribution is 2.25. The van der Waals surface area contributed by atoms with E-state index in [1.54, 1.807) is 12.4 Å². The van der Waals surface area contributed by atoms with Gasteiger partial charge in [-0.2, -0.15) is 0 Å². The van der Waals surface area contributed by atoms with Crippen LogP contribution in [-0.2, 0) is 12.8 Å². The van der Waals surface area contributed by atoms with Gasteiger partial charge in [-0.25, -0.2) is 15.0 Å². The second-order valence-corrected chi connectivity index (χ2v) is 7.82. The van der Waals surface area contributed by atoms with Crippen LogP contribution in [0.5, 0.6) is 0 Å². The maximum absolute atomic E-state index is 13.1. The van der Waals surface area contributed by atoms with Crippen molar-refractivity contribution in [2.45, 2.75) is 45.6 Å². The van der Waals surface area contributed by atoms with Crippen LogP contribution in [0.25, 0.3) is 0 Å². The monoisotopic (exact) mass is 380 g/mol. The zero-order valence-corrected chi connectivity index (χ0v) is 16.7. The summed E-state index contributed by atoms with van der Waals surface area (Å²) in [5, 5.41) is 3.39. The zero-order valence-electron chi connectivity index (χ0n) is 16.7. The molecule has 2 aromatic rings. The minimum absolute atomic E-state index is 0.100. The standard InChI is InChI=1S/C21H28N6O/c1-15(2)24-19-17(20(28)26-10-3-4-11-26)14-16-6-12-27(13-7-18(16)25-19)21-22-8-5-9-23-21/h5,8-9,14-15H,3-4,6-7,10-13H2,1-2H3,(H,24,25). The Morgan fingerprint density at radius 3 is 2.50 bits per heavy atom. The van der Waals surface area contributed by atoms with E-state index in [2.05, 4.69) is 40.1 Å². The average molecular weight is 380 g/mol. The van der Waals surface area contributed by atoms with E-state index in [0.29, 0.717) is 5.56 Å². The van der Waals surface area contributed by atoms with Crippen molar-refractivity contribution in [3.05, 3.63) is 41.3 Å². The number of pyridine rings is 1. The molecule has 0 radical (unpaired) electrons. The maximum atomic E-state index is 13.1. The Bertz CT molecular complexity index is 832. The number of anilines is 2. The molecule has 2 aromatic heterocycles. The number of nitrogens with one attached hydrogen (secondary N) is 1. The van der Waals surface area contributed by atoms with Gasteiger partial charge in [0.15, 0.2) is 0 Å². The van der Waals surface area contributed by atoms with Gasteiger partial charge in [-0.15, -0.1) is 0 Å². The fraction of sp³-hybridized carbons (Fsp3) is 0.524. The van der Waals surface area contributed by atoms with Crippen molar-refractivity contribution >= 4 is 17.7 Å². The normalized spacial score (nSPS) is 16.8. The van der Waals surface area contributed by atoms with Crippen LogP contribution in [0.3, 0.4) is 0 Å². The third kappa shape index (κ3) is 3.93. The summed E-state index contributed by atoms with van der Waals surface area (Å²) >= 11 is 0. The van der Waals surface area contributed by atoms with E-state index in [4.69, 9.17) is 4.98 Å². The lowest BCUT2D eigenvalue weighted by Crippen LogP contribution is -2.29. The lowest BCUT2D eigenvalue weighted by Gasteiger charge is -2.21. The lowest BCUT2D eigenvalue weighted by molar-refractivity contribution is 0.0793. The highest BCUT2D eigenvalue weighted by molar-refractivity contribution is 5.99. The smallest absolute Gasteiger partial charge is 0.257 e. The van der Waals surface area contributed by atoms with Gasteiger partial charge in [0.2, 0.25) is 5.95 Å². The Morgan fingerprint density at radius 1 is 1.07 bits per heavy atom. The van der Waals surface area contributed by atoms with Crippen molar-refractivity contribution in [2.24, 2.45) is 0 Å². The number of likely N-dealkylation sites (tertiary alicyclic amines) is 1. The summed E-state index contributed by atoms with van der Waals surface area (Å²) in [5.41, 5.74) is 2.94. The van der Waals surface area contributed by atoms with Gasteiger partial charge in [0.05, 0.1) is 5.56 Å². The molecule has 0 unspecified atom stereocenters. The Morgan fingerprint density at radius 2 is 1.79 bits per heavy atom. The topological polar surface area (TPSA) is 74.2 Å². The van der Waals surface area contributed by atoms with Crippen LogP contribution in [0.4, 0.5) is 11.8 Å². The number of carbonyl (C=O) groups is 1. The first-order chi connectivity index (χ1) is 13.6. The van der Waals surface area contributed by atoms with Gasteiger partial charge in [-0.05, 0) is 50.8 Å². The number of fused-ring (bicyclic) bond motifs is 1. The second-order valence-electron chi connectivity index (χ2n) is 7.82. The largest absolute Gasteiger partial charge is 0.367 e. The maximum Gasteiger partial charge on any atom is 0.257 e. The van der Waals surface area contributed by atoms with E-state index in [1.165, 1.54) is 0 Å². The Labute approximate surface area is 166 Å². The summed E-state index contributed by atoms with van der Waals surface area (Å²) in [6.45, 7) is 7.49. The molecule has 2 aliphatic heterocycles. The molecule has 1 fully saturated rings. The Hall–Kier alpha value is -2.70. The van der Waals surface area contributed by atoms with Crippen LogP contribution in [0.15, 0.2) is 24.5 Å². The van der Waals surface area contributed by atoms with Gasteiger partial charge in [0.1, 0.15) is 5.82 Å². The van der Waals surface area contributed by atoms with Gasteiger partial charge in [0, 0.05) is 56.7 Å². The first-order valence-electron chi connectivity index (χ1n) is 10.2. The molecule has 0 aromatic carbocycles. The van der Waals surface area contributed by atoms with Crippen molar-refractivity contribution in [1.29, 1.82) is 0 Å². The summed E-state index contributed by atoms with van der Waals surface area (Å²) in [7, 11) is 0. The van der Waals surface area contributed by atoms with E-state index in [-0.39, 0.29) is 11.9 Å². The molecule has 0 saturated carbocycles. The molecule has 1 N–H and O–H groups in total. The molecule has 0 atom stereocenters. The predicted molar refractivity (Wildman–Crippen MR) is 110 cm³/mol. The van der Waals surface area contributed by atoms with Gasteiger partial charge in [-0.1, -0.05) is 0 Å². The molecular weight excluding hydrogens is 352 g/mol. The fourth-order valence-corrected chi connectivity index (χ4v) is 3.93. The zero-order chi connectivity index (χ0) is 19.5. The van der Waals surface area contributed by atoms with Gasteiger partial charge >= 0.3 is 0 Å². The molecule has 4 heterocycles. The highest BCUT2D eigenvalue weighted by atomic mass is 16.2. The summed E-state index contributed by atoms with van der Waals surface area (Å²) in [6, 6.07) is 4.12. The lowest BCUT2D eigenvalue weighted by atomic mass is 10.0. The Balaban J connectivity index is 1.63. The Kier molecular flexibility index (Phi) is 5.41. The minimum atomic E-state index is 0.100. The third-order valence-corrected chi connectivity index (χ3v) is 5.34. The molecule has 1 saturated heterocycles.